The molecular weight excluding hydrogens is 370 g/mol. The van der Waals surface area contributed by atoms with Gasteiger partial charge in [-0.05, 0) is 47.9 Å². The largest absolute Gasteiger partial charge is 0.373 e. The number of carbonyl (C=O) groups excluding carboxylic acids is 1. The number of fused-ring (bicyclic) bond motifs is 1. The van der Waals surface area contributed by atoms with E-state index in [-0.39, 0.29) is 5.91 Å². The molecule has 4 heteroatoms. The molecule has 0 aromatic heterocycles. The fraction of sp³-hybridized carbons (Fsp3) is 0.231. The molecule has 2 N–H and O–H groups in total. The third-order valence-electron chi connectivity index (χ3n) is 5.00. The predicted octanol–water partition coefficient (Wildman–Crippen LogP) is 5.97. The second-order valence-electron chi connectivity index (χ2n) is 7.84. The van der Waals surface area contributed by atoms with Crippen molar-refractivity contribution in [3.05, 3.63) is 83.4 Å². The molecule has 0 bridgehead atoms. The summed E-state index contributed by atoms with van der Waals surface area (Å²) < 4.78 is 0. The zero-order chi connectivity index (χ0) is 21.5. The van der Waals surface area contributed by atoms with Gasteiger partial charge in [-0.1, -0.05) is 80.6 Å². The standard InChI is InChI=1S/C26H29N3O/c1-18(2)22-14-12-21(13-15-22)16-19(3)17-27-29-26(30)20(4)28-25-11-7-9-23-8-5-6-10-24(23)25/h5-18,20,28H,1-4H3,(H,29,30)/b19-16-,27-17?/t20-/m1/s1. The van der Waals surface area contributed by atoms with Gasteiger partial charge < -0.3 is 5.32 Å². The summed E-state index contributed by atoms with van der Waals surface area (Å²) >= 11 is 0. The van der Waals surface area contributed by atoms with E-state index < -0.39 is 6.04 Å². The minimum Gasteiger partial charge on any atom is -0.373 e. The molecule has 1 atom stereocenters. The molecule has 0 unspecified atom stereocenters. The smallest absolute Gasteiger partial charge is 0.262 e. The fourth-order valence-electron chi connectivity index (χ4n) is 3.22. The Morgan fingerprint density at radius 3 is 2.37 bits per heavy atom. The van der Waals surface area contributed by atoms with Gasteiger partial charge in [0, 0.05) is 11.1 Å². The van der Waals surface area contributed by atoms with E-state index in [4.69, 9.17) is 0 Å². The topological polar surface area (TPSA) is 53.5 Å². The molecule has 0 spiro atoms. The minimum absolute atomic E-state index is 0.187. The number of rotatable bonds is 7. The van der Waals surface area contributed by atoms with E-state index in [2.05, 4.69) is 66.1 Å². The van der Waals surface area contributed by atoms with Gasteiger partial charge in [-0.2, -0.15) is 5.10 Å². The molecule has 30 heavy (non-hydrogen) atoms. The van der Waals surface area contributed by atoms with Crippen LogP contribution in [0.2, 0.25) is 0 Å². The highest BCUT2D eigenvalue weighted by Gasteiger charge is 2.12. The molecule has 0 aliphatic rings. The predicted molar refractivity (Wildman–Crippen MR) is 128 cm³/mol. The van der Waals surface area contributed by atoms with Gasteiger partial charge in [-0.15, -0.1) is 0 Å². The van der Waals surface area contributed by atoms with Crippen LogP contribution < -0.4 is 10.7 Å². The Morgan fingerprint density at radius 1 is 0.933 bits per heavy atom. The van der Waals surface area contributed by atoms with Crippen molar-refractivity contribution >= 4 is 34.7 Å². The zero-order valence-electron chi connectivity index (χ0n) is 18.0. The molecule has 0 aliphatic carbocycles. The number of hydrogen-bond acceptors (Lipinski definition) is 3. The maximum absolute atomic E-state index is 12.4. The summed E-state index contributed by atoms with van der Waals surface area (Å²) in [5, 5.41) is 9.60. The van der Waals surface area contributed by atoms with E-state index in [9.17, 15) is 4.79 Å². The Morgan fingerprint density at radius 2 is 1.63 bits per heavy atom. The van der Waals surface area contributed by atoms with Gasteiger partial charge in [-0.25, -0.2) is 5.43 Å². The van der Waals surface area contributed by atoms with Crippen molar-refractivity contribution in [1.82, 2.24) is 5.43 Å². The van der Waals surface area contributed by atoms with Crippen LogP contribution in [0.3, 0.4) is 0 Å². The van der Waals surface area contributed by atoms with Crippen LogP contribution in [0.4, 0.5) is 5.69 Å². The molecule has 0 fully saturated rings. The first-order valence-corrected chi connectivity index (χ1v) is 10.3. The number of nitrogens with one attached hydrogen (secondary N) is 2. The Labute approximate surface area is 178 Å². The highest BCUT2D eigenvalue weighted by molar-refractivity contribution is 5.96. The maximum Gasteiger partial charge on any atom is 0.262 e. The summed E-state index contributed by atoms with van der Waals surface area (Å²) in [7, 11) is 0. The molecule has 3 aromatic rings. The van der Waals surface area contributed by atoms with Crippen LogP contribution in [0.25, 0.3) is 16.8 Å². The van der Waals surface area contributed by atoms with Gasteiger partial charge >= 0.3 is 0 Å². The molecule has 0 saturated carbocycles. The number of amides is 1. The van der Waals surface area contributed by atoms with Gasteiger partial charge in [0.15, 0.2) is 0 Å². The van der Waals surface area contributed by atoms with E-state index in [1.54, 1.807) is 6.21 Å². The Balaban J connectivity index is 1.58. The van der Waals surface area contributed by atoms with Gasteiger partial charge in [0.1, 0.15) is 6.04 Å². The van der Waals surface area contributed by atoms with Crippen LogP contribution in [0.15, 0.2) is 77.4 Å². The molecular formula is C26H29N3O. The van der Waals surface area contributed by atoms with Crippen molar-refractivity contribution in [3.8, 4) is 0 Å². The summed E-state index contributed by atoms with van der Waals surface area (Å²) in [5.41, 5.74) is 6.94. The van der Waals surface area contributed by atoms with E-state index in [0.29, 0.717) is 5.92 Å². The summed E-state index contributed by atoms with van der Waals surface area (Å²) in [5.74, 6) is 0.332. The van der Waals surface area contributed by atoms with Crippen molar-refractivity contribution in [2.45, 2.75) is 39.7 Å². The number of anilines is 1. The van der Waals surface area contributed by atoms with Crippen LogP contribution >= 0.6 is 0 Å². The lowest BCUT2D eigenvalue weighted by Crippen LogP contribution is -2.34. The molecule has 0 radical (unpaired) electrons. The number of hydrazone groups is 1. The second-order valence-corrected chi connectivity index (χ2v) is 7.84. The summed E-state index contributed by atoms with van der Waals surface area (Å²) in [6.45, 7) is 8.15. The Bertz CT molecular complexity index is 1060. The molecule has 0 heterocycles. The molecule has 0 aliphatic heterocycles. The highest BCUT2D eigenvalue weighted by atomic mass is 16.2. The van der Waals surface area contributed by atoms with Crippen molar-refractivity contribution in [1.29, 1.82) is 0 Å². The third kappa shape index (κ3) is 5.57. The fourth-order valence-corrected chi connectivity index (χ4v) is 3.22. The van der Waals surface area contributed by atoms with Gasteiger partial charge in [0.2, 0.25) is 0 Å². The number of carbonyl (C=O) groups is 1. The Kier molecular flexibility index (Phi) is 7.02. The quantitative estimate of drug-likeness (QED) is 0.380. The zero-order valence-corrected chi connectivity index (χ0v) is 18.0. The van der Waals surface area contributed by atoms with Gasteiger partial charge in [0.05, 0.1) is 6.21 Å². The first-order chi connectivity index (χ1) is 14.4. The Hall–Kier alpha value is -3.40. The van der Waals surface area contributed by atoms with Crippen molar-refractivity contribution < 1.29 is 4.79 Å². The van der Waals surface area contributed by atoms with Crippen LogP contribution in [-0.4, -0.2) is 18.2 Å². The summed E-state index contributed by atoms with van der Waals surface area (Å²) in [4.78, 5) is 12.4. The van der Waals surface area contributed by atoms with Gasteiger partial charge in [-0.3, -0.25) is 4.79 Å². The number of benzene rings is 3. The summed E-state index contributed by atoms with van der Waals surface area (Å²) in [6, 6.07) is 22.2. The average Bonchev–Trinajstić information content (AvgIpc) is 2.74. The lowest BCUT2D eigenvalue weighted by molar-refractivity contribution is -0.121. The first kappa shape index (κ1) is 21.3. The SMILES string of the molecule is C/C(C=NNC(=O)[C@@H](C)Nc1cccc2ccccc12)=C/c1ccc(C(C)C)cc1. The summed E-state index contributed by atoms with van der Waals surface area (Å²) in [6.07, 6.45) is 3.70. The highest BCUT2D eigenvalue weighted by Crippen LogP contribution is 2.23. The number of allylic oxidation sites excluding steroid dienone is 1. The third-order valence-corrected chi connectivity index (χ3v) is 5.00. The van der Waals surface area contributed by atoms with Crippen molar-refractivity contribution in [3.63, 3.8) is 0 Å². The molecule has 1 amide bonds. The van der Waals surface area contributed by atoms with E-state index in [1.807, 2.05) is 50.3 Å². The minimum atomic E-state index is -0.416. The average molecular weight is 400 g/mol. The molecule has 154 valence electrons. The lowest BCUT2D eigenvalue weighted by atomic mass is 10.0. The van der Waals surface area contributed by atoms with Crippen molar-refractivity contribution in [2.24, 2.45) is 5.10 Å². The van der Waals surface area contributed by atoms with Crippen molar-refractivity contribution in [2.75, 3.05) is 5.32 Å². The normalized spacial score (nSPS) is 13.0. The van der Waals surface area contributed by atoms with Crippen LogP contribution in [0.1, 0.15) is 44.7 Å². The van der Waals surface area contributed by atoms with E-state index in [1.165, 1.54) is 5.56 Å². The number of hydrogen-bond donors (Lipinski definition) is 2. The monoisotopic (exact) mass is 399 g/mol. The molecule has 3 rings (SSSR count). The van der Waals surface area contributed by atoms with Crippen LogP contribution in [0, 0.1) is 0 Å². The first-order valence-electron chi connectivity index (χ1n) is 10.3. The van der Waals surface area contributed by atoms with E-state index >= 15 is 0 Å². The van der Waals surface area contributed by atoms with Crippen LogP contribution in [0.5, 0.6) is 0 Å². The van der Waals surface area contributed by atoms with E-state index in [0.717, 1.165) is 27.6 Å². The molecule has 3 aromatic carbocycles. The maximum atomic E-state index is 12.4. The second kappa shape index (κ2) is 9.88. The molecule has 0 saturated heterocycles. The lowest BCUT2D eigenvalue weighted by Gasteiger charge is -2.15. The number of nitrogens with zero attached hydrogens (tertiary/aromatic N) is 1. The molecule has 4 nitrogen and oxygen atoms in total. The van der Waals surface area contributed by atoms with Gasteiger partial charge in [0.25, 0.3) is 5.91 Å². The van der Waals surface area contributed by atoms with Crippen LogP contribution in [-0.2, 0) is 4.79 Å².